The van der Waals surface area contributed by atoms with Crippen molar-refractivity contribution in [1.29, 1.82) is 0 Å². The number of benzene rings is 2. The number of anilines is 1. The average molecular weight is 326 g/mol. The summed E-state index contributed by atoms with van der Waals surface area (Å²) in [6.07, 6.45) is 0.783. The van der Waals surface area contributed by atoms with Crippen LogP contribution in [-0.4, -0.2) is 10.8 Å². The van der Waals surface area contributed by atoms with E-state index >= 15 is 0 Å². The molecule has 0 spiro atoms. The molecule has 0 bridgehead atoms. The highest BCUT2D eigenvalue weighted by atomic mass is 35.5. The first-order valence-electron chi connectivity index (χ1n) is 6.42. The summed E-state index contributed by atoms with van der Waals surface area (Å²) in [4.78, 5) is 0.135. The van der Waals surface area contributed by atoms with Crippen molar-refractivity contribution in [1.82, 2.24) is 0 Å². The third-order valence-electron chi connectivity index (χ3n) is 3.31. The average Bonchev–Trinajstić information content (AvgIpc) is 2.86. The van der Waals surface area contributed by atoms with Crippen LogP contribution in [0, 0.1) is 5.82 Å². The summed E-state index contributed by atoms with van der Waals surface area (Å²) in [6.45, 7) is 0.589. The maximum atomic E-state index is 13.8. The summed E-state index contributed by atoms with van der Waals surface area (Å²) >= 11 is 6.06. The Morgan fingerprint density at radius 1 is 1.33 bits per heavy atom. The fourth-order valence-corrected chi connectivity index (χ4v) is 3.79. The predicted octanol–water partition coefficient (Wildman–Crippen LogP) is 3.30. The van der Waals surface area contributed by atoms with E-state index in [2.05, 4.69) is 0 Å². The number of rotatable bonds is 3. The van der Waals surface area contributed by atoms with Gasteiger partial charge in [0.05, 0.1) is 28.1 Å². The normalized spacial score (nSPS) is 14.6. The molecule has 3 rings (SSSR count). The molecule has 0 aliphatic carbocycles. The highest BCUT2D eigenvalue weighted by Crippen LogP contribution is 2.34. The lowest BCUT2D eigenvalue weighted by Gasteiger charge is -2.10. The Balaban J connectivity index is 1.92. The monoisotopic (exact) mass is 325 g/mol. The van der Waals surface area contributed by atoms with Gasteiger partial charge in [-0.1, -0.05) is 11.6 Å². The first kappa shape index (κ1) is 14.4. The van der Waals surface area contributed by atoms with E-state index in [0.29, 0.717) is 17.3 Å². The predicted molar refractivity (Wildman–Crippen MR) is 81.6 cm³/mol. The molecule has 1 aliphatic heterocycles. The first-order chi connectivity index (χ1) is 10.0. The van der Waals surface area contributed by atoms with Crippen LogP contribution in [0.2, 0.25) is 5.02 Å². The molecule has 2 aromatic rings. The molecule has 110 valence electrons. The molecular weight excluding hydrogens is 313 g/mol. The lowest BCUT2D eigenvalue weighted by Crippen LogP contribution is -2.02. The Bertz CT molecular complexity index is 736. The van der Waals surface area contributed by atoms with Crippen LogP contribution in [0.3, 0.4) is 0 Å². The van der Waals surface area contributed by atoms with E-state index < -0.39 is 16.6 Å². The zero-order valence-corrected chi connectivity index (χ0v) is 12.6. The number of nitrogen functional groups attached to an aromatic ring is 1. The molecule has 6 heteroatoms. The SMILES string of the molecule is Nc1ccc(S(=O)Cc2cc(Cl)cc3c2OCC3)c(F)c1. The summed E-state index contributed by atoms with van der Waals surface area (Å²) in [6, 6.07) is 7.73. The molecule has 1 heterocycles. The van der Waals surface area contributed by atoms with Gasteiger partial charge in [0.2, 0.25) is 0 Å². The van der Waals surface area contributed by atoms with Crippen LogP contribution in [0.1, 0.15) is 11.1 Å². The van der Waals surface area contributed by atoms with Gasteiger partial charge in [0, 0.05) is 22.7 Å². The first-order valence-corrected chi connectivity index (χ1v) is 8.12. The van der Waals surface area contributed by atoms with Gasteiger partial charge in [0.25, 0.3) is 0 Å². The lowest BCUT2D eigenvalue weighted by atomic mass is 10.1. The smallest absolute Gasteiger partial charge is 0.141 e. The molecule has 1 unspecified atom stereocenters. The van der Waals surface area contributed by atoms with Crippen molar-refractivity contribution in [2.75, 3.05) is 12.3 Å². The van der Waals surface area contributed by atoms with Crippen LogP contribution in [0.5, 0.6) is 5.75 Å². The van der Waals surface area contributed by atoms with Gasteiger partial charge >= 0.3 is 0 Å². The fraction of sp³-hybridized carbons (Fsp3) is 0.200. The maximum absolute atomic E-state index is 13.8. The number of hydrogen-bond acceptors (Lipinski definition) is 3. The summed E-state index contributed by atoms with van der Waals surface area (Å²) in [5.41, 5.74) is 7.55. The lowest BCUT2D eigenvalue weighted by molar-refractivity contribution is 0.354. The Morgan fingerprint density at radius 3 is 2.90 bits per heavy atom. The highest BCUT2D eigenvalue weighted by Gasteiger charge is 2.20. The third-order valence-corrected chi connectivity index (χ3v) is 4.93. The molecule has 1 aliphatic rings. The largest absolute Gasteiger partial charge is 0.493 e. The number of fused-ring (bicyclic) bond motifs is 1. The van der Waals surface area contributed by atoms with Crippen molar-refractivity contribution in [3.63, 3.8) is 0 Å². The Kier molecular flexibility index (Phi) is 3.87. The van der Waals surface area contributed by atoms with Gasteiger partial charge < -0.3 is 10.5 Å². The quantitative estimate of drug-likeness (QED) is 0.881. The fourth-order valence-electron chi connectivity index (χ4n) is 2.37. The minimum Gasteiger partial charge on any atom is -0.493 e. The standard InChI is InChI=1S/C15H13ClFNO2S/c16-11-5-9-3-4-20-15(9)10(6-11)8-21(19)14-2-1-12(18)7-13(14)17/h1-2,5-7H,3-4,8,18H2. The van der Waals surface area contributed by atoms with Crippen LogP contribution in [-0.2, 0) is 23.0 Å². The van der Waals surface area contributed by atoms with Gasteiger partial charge in [0.15, 0.2) is 0 Å². The van der Waals surface area contributed by atoms with Crippen LogP contribution in [0.4, 0.5) is 10.1 Å². The zero-order valence-electron chi connectivity index (χ0n) is 11.1. The van der Waals surface area contributed by atoms with E-state index in [1.807, 2.05) is 6.07 Å². The van der Waals surface area contributed by atoms with Crippen LogP contribution in [0.15, 0.2) is 35.2 Å². The molecule has 0 radical (unpaired) electrons. The maximum Gasteiger partial charge on any atom is 0.141 e. The van der Waals surface area contributed by atoms with Crippen molar-refractivity contribution < 1.29 is 13.3 Å². The molecule has 1 atom stereocenters. The number of ether oxygens (including phenoxy) is 1. The Morgan fingerprint density at radius 2 is 2.14 bits per heavy atom. The minimum absolute atomic E-state index is 0.135. The van der Waals surface area contributed by atoms with Crippen molar-refractivity contribution >= 4 is 28.1 Å². The van der Waals surface area contributed by atoms with Crippen molar-refractivity contribution in [3.05, 3.63) is 52.3 Å². The van der Waals surface area contributed by atoms with Gasteiger partial charge in [-0.3, -0.25) is 4.21 Å². The molecule has 0 aromatic heterocycles. The van der Waals surface area contributed by atoms with E-state index in [-0.39, 0.29) is 10.6 Å². The van der Waals surface area contributed by atoms with Gasteiger partial charge in [-0.25, -0.2) is 4.39 Å². The van der Waals surface area contributed by atoms with Gasteiger partial charge in [-0.05, 0) is 35.9 Å². The molecular formula is C15H13ClFNO2S. The second kappa shape index (κ2) is 5.66. The molecule has 3 nitrogen and oxygen atoms in total. The minimum atomic E-state index is -1.52. The summed E-state index contributed by atoms with van der Waals surface area (Å²) in [7, 11) is -1.52. The zero-order chi connectivity index (χ0) is 15.0. The molecule has 21 heavy (non-hydrogen) atoms. The topological polar surface area (TPSA) is 52.3 Å². The molecule has 2 aromatic carbocycles. The second-order valence-corrected chi connectivity index (χ2v) is 6.69. The second-order valence-electron chi connectivity index (χ2n) is 4.83. The summed E-state index contributed by atoms with van der Waals surface area (Å²) < 4.78 is 31.8. The van der Waals surface area contributed by atoms with Crippen LogP contribution in [0.25, 0.3) is 0 Å². The molecule has 0 saturated heterocycles. The van der Waals surface area contributed by atoms with E-state index in [1.54, 1.807) is 6.07 Å². The molecule has 0 fully saturated rings. The van der Waals surface area contributed by atoms with Crippen LogP contribution < -0.4 is 10.5 Å². The summed E-state index contributed by atoms with van der Waals surface area (Å²) in [5.74, 6) is 0.320. The number of hydrogen-bond donors (Lipinski definition) is 1. The van der Waals surface area contributed by atoms with Crippen molar-refractivity contribution in [3.8, 4) is 5.75 Å². The van der Waals surface area contributed by atoms with Crippen molar-refractivity contribution in [2.45, 2.75) is 17.1 Å². The van der Waals surface area contributed by atoms with Gasteiger partial charge in [-0.2, -0.15) is 0 Å². The number of nitrogens with two attached hydrogens (primary N) is 1. The van der Waals surface area contributed by atoms with E-state index in [4.69, 9.17) is 22.1 Å². The Labute approximate surface area is 129 Å². The molecule has 0 saturated carbocycles. The van der Waals surface area contributed by atoms with E-state index in [9.17, 15) is 8.60 Å². The number of halogens is 2. The highest BCUT2D eigenvalue weighted by molar-refractivity contribution is 7.84. The van der Waals surface area contributed by atoms with Gasteiger partial charge in [0.1, 0.15) is 11.6 Å². The third kappa shape index (κ3) is 2.89. The molecule has 2 N–H and O–H groups in total. The van der Waals surface area contributed by atoms with Crippen molar-refractivity contribution in [2.24, 2.45) is 0 Å². The van der Waals surface area contributed by atoms with Gasteiger partial charge in [-0.15, -0.1) is 0 Å². The van der Waals surface area contributed by atoms with Crippen LogP contribution >= 0.6 is 11.6 Å². The van der Waals surface area contributed by atoms with E-state index in [1.165, 1.54) is 18.2 Å². The van der Waals surface area contributed by atoms with E-state index in [0.717, 1.165) is 23.3 Å². The summed E-state index contributed by atoms with van der Waals surface area (Å²) in [5, 5.41) is 0.573. The Hall–Kier alpha value is -1.59. The molecule has 0 amide bonds.